The van der Waals surface area contributed by atoms with Crippen LogP contribution in [0.5, 0.6) is 0 Å². The van der Waals surface area contributed by atoms with Crippen molar-refractivity contribution in [2.24, 2.45) is 5.92 Å². The molecule has 0 amide bonds. The van der Waals surface area contributed by atoms with Gasteiger partial charge >= 0.3 is 0 Å². The Bertz CT molecular complexity index is 167. The van der Waals surface area contributed by atoms with E-state index in [2.05, 4.69) is 18.0 Å². The van der Waals surface area contributed by atoms with Crippen molar-refractivity contribution in [2.45, 2.75) is 12.8 Å². The van der Waals surface area contributed by atoms with Crippen molar-refractivity contribution < 1.29 is 4.74 Å². The molecule has 2 nitrogen and oxygen atoms in total. The molecule has 1 aliphatic rings. The first-order chi connectivity index (χ1) is 6.83. The van der Waals surface area contributed by atoms with Crippen molar-refractivity contribution in [1.82, 2.24) is 4.90 Å². The number of rotatable bonds is 5. The van der Waals surface area contributed by atoms with Crippen LogP contribution in [-0.4, -0.2) is 44.1 Å². The van der Waals surface area contributed by atoms with Crippen LogP contribution in [0.1, 0.15) is 12.8 Å². The largest absolute Gasteiger partial charge is 0.381 e. The maximum absolute atomic E-state index is 5.56. The number of hydrogen-bond acceptors (Lipinski definition) is 2. The number of hydrogen-bond donors (Lipinski definition) is 0. The third-order valence-electron chi connectivity index (χ3n) is 2.58. The molecule has 0 aromatic carbocycles. The smallest absolute Gasteiger partial charge is 0.0469 e. The van der Waals surface area contributed by atoms with Gasteiger partial charge in [-0.05, 0) is 25.8 Å². The van der Waals surface area contributed by atoms with Gasteiger partial charge in [-0.25, -0.2) is 0 Å². The third-order valence-corrected chi connectivity index (χ3v) is 2.76. The zero-order valence-corrected chi connectivity index (χ0v) is 9.67. The van der Waals surface area contributed by atoms with E-state index < -0.39 is 0 Å². The normalized spacial score (nSPS) is 19.6. The van der Waals surface area contributed by atoms with Gasteiger partial charge in [-0.3, -0.25) is 0 Å². The minimum Gasteiger partial charge on any atom is -0.381 e. The molecule has 82 valence electrons. The van der Waals surface area contributed by atoms with Crippen LogP contribution >= 0.6 is 11.6 Å². The van der Waals surface area contributed by atoms with Gasteiger partial charge in [0.05, 0.1) is 0 Å². The molecule has 1 fully saturated rings. The summed E-state index contributed by atoms with van der Waals surface area (Å²) in [5.41, 5.74) is 0. The number of alkyl halides is 1. The molecule has 0 spiro atoms. The molecule has 1 aliphatic heterocycles. The average Bonchev–Trinajstić information content (AvgIpc) is 2.20. The minimum absolute atomic E-state index is 0.616. The predicted octanol–water partition coefficient (Wildman–Crippen LogP) is 2.14. The van der Waals surface area contributed by atoms with E-state index >= 15 is 0 Å². The standard InChI is InChI=1S/C11H20ClNO/c1-13(7-3-2-6-12)10-11-4-8-14-9-5-11/h2-3,11H,4-10H2,1H3. The second-order valence-electron chi connectivity index (χ2n) is 3.90. The van der Waals surface area contributed by atoms with E-state index in [1.807, 2.05) is 6.08 Å². The summed E-state index contributed by atoms with van der Waals surface area (Å²) in [4.78, 5) is 2.35. The van der Waals surface area contributed by atoms with Crippen molar-refractivity contribution in [2.75, 3.05) is 39.2 Å². The minimum atomic E-state index is 0.616. The average molecular weight is 218 g/mol. The third kappa shape index (κ3) is 4.99. The first-order valence-corrected chi connectivity index (χ1v) is 5.83. The SMILES string of the molecule is CN(CC=CCCl)CC1CCOCC1. The van der Waals surface area contributed by atoms with E-state index in [4.69, 9.17) is 16.3 Å². The zero-order valence-electron chi connectivity index (χ0n) is 8.92. The molecule has 0 aromatic heterocycles. The summed E-state index contributed by atoms with van der Waals surface area (Å²) in [6.07, 6.45) is 6.56. The van der Waals surface area contributed by atoms with E-state index in [9.17, 15) is 0 Å². The Morgan fingerprint density at radius 3 is 2.71 bits per heavy atom. The van der Waals surface area contributed by atoms with Crippen LogP contribution in [0.25, 0.3) is 0 Å². The zero-order chi connectivity index (χ0) is 10.2. The second-order valence-corrected chi connectivity index (χ2v) is 4.21. The Morgan fingerprint density at radius 1 is 1.36 bits per heavy atom. The fourth-order valence-electron chi connectivity index (χ4n) is 1.76. The summed E-state index contributed by atoms with van der Waals surface area (Å²) in [7, 11) is 2.16. The van der Waals surface area contributed by atoms with Gasteiger partial charge in [0.1, 0.15) is 0 Å². The topological polar surface area (TPSA) is 12.5 Å². The highest BCUT2D eigenvalue weighted by molar-refractivity contribution is 6.18. The van der Waals surface area contributed by atoms with Crippen LogP contribution in [0, 0.1) is 5.92 Å². The molecule has 1 rings (SSSR count). The highest BCUT2D eigenvalue weighted by Crippen LogP contribution is 2.15. The van der Waals surface area contributed by atoms with E-state index in [-0.39, 0.29) is 0 Å². The van der Waals surface area contributed by atoms with Gasteiger partial charge in [0.15, 0.2) is 0 Å². The Kier molecular flexibility index (Phi) is 6.24. The molecular weight excluding hydrogens is 198 g/mol. The number of ether oxygens (including phenoxy) is 1. The number of allylic oxidation sites excluding steroid dienone is 1. The molecule has 14 heavy (non-hydrogen) atoms. The van der Waals surface area contributed by atoms with Gasteiger partial charge < -0.3 is 9.64 Å². The van der Waals surface area contributed by atoms with Crippen LogP contribution in [0.3, 0.4) is 0 Å². The molecule has 0 bridgehead atoms. The monoisotopic (exact) mass is 217 g/mol. The van der Waals surface area contributed by atoms with E-state index in [0.29, 0.717) is 5.88 Å². The number of nitrogens with zero attached hydrogens (tertiary/aromatic N) is 1. The molecule has 0 unspecified atom stereocenters. The molecule has 0 atom stereocenters. The summed E-state index contributed by atoms with van der Waals surface area (Å²) in [5.74, 6) is 1.43. The molecule has 0 aliphatic carbocycles. The van der Waals surface area contributed by atoms with Gasteiger partial charge in [0.2, 0.25) is 0 Å². The summed E-state index contributed by atoms with van der Waals surface area (Å²) >= 11 is 5.56. The highest BCUT2D eigenvalue weighted by Gasteiger charge is 2.14. The maximum atomic E-state index is 5.56. The van der Waals surface area contributed by atoms with Gasteiger partial charge in [0.25, 0.3) is 0 Å². The lowest BCUT2D eigenvalue weighted by atomic mass is 10.00. The van der Waals surface area contributed by atoms with E-state index in [0.717, 1.165) is 25.7 Å². The molecule has 0 saturated carbocycles. The maximum Gasteiger partial charge on any atom is 0.0469 e. The molecule has 0 N–H and O–H groups in total. The van der Waals surface area contributed by atoms with Gasteiger partial charge in [-0.2, -0.15) is 0 Å². The van der Waals surface area contributed by atoms with Crippen LogP contribution in [-0.2, 0) is 4.74 Å². The lowest BCUT2D eigenvalue weighted by Gasteiger charge is -2.26. The van der Waals surface area contributed by atoms with E-state index in [1.54, 1.807) is 0 Å². The van der Waals surface area contributed by atoms with Crippen molar-refractivity contribution in [3.05, 3.63) is 12.2 Å². The Morgan fingerprint density at radius 2 is 2.07 bits per heavy atom. The Balaban J connectivity index is 2.11. The Labute approximate surface area is 91.9 Å². The van der Waals surface area contributed by atoms with Crippen LogP contribution in [0.2, 0.25) is 0 Å². The van der Waals surface area contributed by atoms with Crippen molar-refractivity contribution >= 4 is 11.6 Å². The predicted molar refractivity (Wildman–Crippen MR) is 60.9 cm³/mol. The fraction of sp³-hybridized carbons (Fsp3) is 0.818. The second kappa shape index (κ2) is 7.27. The van der Waals surface area contributed by atoms with E-state index in [1.165, 1.54) is 19.4 Å². The molecule has 0 aromatic rings. The molecular formula is C11H20ClNO. The number of halogens is 1. The Hall–Kier alpha value is -0.0500. The van der Waals surface area contributed by atoms with Gasteiger partial charge in [0, 0.05) is 32.2 Å². The molecule has 0 radical (unpaired) electrons. The van der Waals surface area contributed by atoms with Crippen LogP contribution in [0.4, 0.5) is 0 Å². The lowest BCUT2D eigenvalue weighted by molar-refractivity contribution is 0.0569. The lowest BCUT2D eigenvalue weighted by Crippen LogP contribution is -2.29. The fourth-order valence-corrected chi connectivity index (χ4v) is 1.89. The highest BCUT2D eigenvalue weighted by atomic mass is 35.5. The van der Waals surface area contributed by atoms with Crippen LogP contribution in [0.15, 0.2) is 12.2 Å². The van der Waals surface area contributed by atoms with Gasteiger partial charge in [-0.15, -0.1) is 11.6 Å². The van der Waals surface area contributed by atoms with Crippen LogP contribution < -0.4 is 0 Å². The molecule has 1 saturated heterocycles. The van der Waals surface area contributed by atoms with Crippen molar-refractivity contribution in [3.63, 3.8) is 0 Å². The first-order valence-electron chi connectivity index (χ1n) is 5.30. The van der Waals surface area contributed by atoms with Crippen molar-refractivity contribution in [3.8, 4) is 0 Å². The van der Waals surface area contributed by atoms with Crippen molar-refractivity contribution in [1.29, 1.82) is 0 Å². The summed E-state index contributed by atoms with van der Waals surface area (Å²) in [6.45, 7) is 4.06. The number of likely N-dealkylation sites (N-methyl/N-ethyl adjacent to an activating group) is 1. The summed E-state index contributed by atoms with van der Waals surface area (Å²) < 4.78 is 5.33. The molecule has 1 heterocycles. The van der Waals surface area contributed by atoms with Gasteiger partial charge in [-0.1, -0.05) is 12.2 Å². The summed E-state index contributed by atoms with van der Waals surface area (Å²) in [5, 5.41) is 0. The summed E-state index contributed by atoms with van der Waals surface area (Å²) in [6, 6.07) is 0. The quantitative estimate of drug-likeness (QED) is 0.517. The molecule has 3 heteroatoms. The first kappa shape index (κ1) is 12.0.